The lowest BCUT2D eigenvalue weighted by atomic mass is 9.86. The number of sulfonamides is 1. The van der Waals surface area contributed by atoms with E-state index in [9.17, 15) is 17.9 Å². The highest BCUT2D eigenvalue weighted by atomic mass is 32.2. The Morgan fingerprint density at radius 1 is 1.29 bits per heavy atom. The zero-order chi connectivity index (χ0) is 15.2. The summed E-state index contributed by atoms with van der Waals surface area (Å²) in [7, 11) is -3.76. The van der Waals surface area contributed by atoms with E-state index < -0.39 is 15.8 Å². The summed E-state index contributed by atoms with van der Waals surface area (Å²) >= 11 is 0. The highest BCUT2D eigenvalue weighted by molar-refractivity contribution is 7.89. The van der Waals surface area contributed by atoms with Gasteiger partial charge in [-0.1, -0.05) is 0 Å². The summed E-state index contributed by atoms with van der Waals surface area (Å²) in [6.07, 6.45) is 3.03. The van der Waals surface area contributed by atoms with E-state index in [1.165, 1.54) is 12.1 Å². The van der Waals surface area contributed by atoms with E-state index in [1.807, 2.05) is 0 Å². The Hall–Kier alpha value is -0.980. The Labute approximate surface area is 124 Å². The van der Waals surface area contributed by atoms with E-state index >= 15 is 0 Å². The number of hydrogen-bond acceptors (Lipinski definition) is 3. The third-order valence-electron chi connectivity index (χ3n) is 4.92. The molecule has 4 unspecified atom stereocenters. The second kappa shape index (κ2) is 5.34. The Kier molecular flexibility index (Phi) is 3.80. The summed E-state index contributed by atoms with van der Waals surface area (Å²) in [4.78, 5) is -0.0422. The molecule has 4 nitrogen and oxygen atoms in total. The summed E-state index contributed by atoms with van der Waals surface area (Å²) in [6, 6.07) is 3.57. The maximum Gasteiger partial charge on any atom is 0.240 e. The van der Waals surface area contributed by atoms with Gasteiger partial charge in [0.05, 0.1) is 4.90 Å². The van der Waals surface area contributed by atoms with Gasteiger partial charge in [-0.15, -0.1) is 0 Å². The first-order chi connectivity index (χ1) is 9.90. The molecule has 0 radical (unpaired) electrons. The molecule has 4 atom stereocenters. The topological polar surface area (TPSA) is 66.4 Å². The van der Waals surface area contributed by atoms with Gasteiger partial charge < -0.3 is 5.11 Å². The van der Waals surface area contributed by atoms with Gasteiger partial charge in [-0.25, -0.2) is 17.5 Å². The number of aliphatic hydroxyl groups is 1. The average molecular weight is 313 g/mol. The lowest BCUT2D eigenvalue weighted by Crippen LogP contribution is -2.45. The van der Waals surface area contributed by atoms with Crippen LogP contribution >= 0.6 is 0 Å². The number of aryl methyl sites for hydroxylation is 1. The first kappa shape index (κ1) is 14.9. The van der Waals surface area contributed by atoms with E-state index in [1.54, 1.807) is 6.92 Å². The molecule has 2 aliphatic rings. The molecule has 0 aromatic heterocycles. The van der Waals surface area contributed by atoms with E-state index in [0.29, 0.717) is 11.5 Å². The number of fused-ring (bicyclic) bond motifs is 2. The van der Waals surface area contributed by atoms with Crippen LogP contribution < -0.4 is 4.72 Å². The predicted molar refractivity (Wildman–Crippen MR) is 76.7 cm³/mol. The van der Waals surface area contributed by atoms with Gasteiger partial charge in [-0.05, 0) is 61.8 Å². The molecule has 2 N–H and O–H groups in total. The van der Waals surface area contributed by atoms with Crippen LogP contribution in [-0.2, 0) is 10.0 Å². The van der Waals surface area contributed by atoms with Gasteiger partial charge in [0.2, 0.25) is 10.0 Å². The van der Waals surface area contributed by atoms with Crippen molar-refractivity contribution in [1.29, 1.82) is 0 Å². The van der Waals surface area contributed by atoms with Gasteiger partial charge in [0.25, 0.3) is 0 Å². The fourth-order valence-electron chi connectivity index (χ4n) is 3.96. The van der Waals surface area contributed by atoms with Crippen molar-refractivity contribution in [3.63, 3.8) is 0 Å². The lowest BCUT2D eigenvalue weighted by Gasteiger charge is -2.30. The van der Waals surface area contributed by atoms with Crippen LogP contribution in [0.4, 0.5) is 4.39 Å². The molecule has 2 saturated carbocycles. The minimum absolute atomic E-state index is 0.00344. The molecule has 1 aromatic carbocycles. The third kappa shape index (κ3) is 2.72. The van der Waals surface area contributed by atoms with Crippen LogP contribution in [0.5, 0.6) is 0 Å². The Bertz CT molecular complexity index is 626. The van der Waals surface area contributed by atoms with E-state index in [0.717, 1.165) is 25.3 Å². The van der Waals surface area contributed by atoms with Crippen LogP contribution in [0.2, 0.25) is 0 Å². The zero-order valence-corrected chi connectivity index (χ0v) is 12.7. The molecule has 21 heavy (non-hydrogen) atoms. The highest BCUT2D eigenvalue weighted by Crippen LogP contribution is 2.48. The van der Waals surface area contributed by atoms with E-state index in [4.69, 9.17) is 0 Å². The molecule has 6 heteroatoms. The van der Waals surface area contributed by atoms with Gasteiger partial charge in [0.1, 0.15) is 5.82 Å². The summed E-state index contributed by atoms with van der Waals surface area (Å²) < 4.78 is 41.1. The van der Waals surface area contributed by atoms with Crippen molar-refractivity contribution in [3.05, 3.63) is 29.6 Å². The predicted octanol–water partition coefficient (Wildman–Crippen LogP) is 1.82. The quantitative estimate of drug-likeness (QED) is 0.891. The number of benzene rings is 1. The first-order valence-electron chi connectivity index (χ1n) is 7.31. The second-order valence-electron chi connectivity index (χ2n) is 6.29. The largest absolute Gasteiger partial charge is 0.396 e. The zero-order valence-electron chi connectivity index (χ0n) is 11.9. The van der Waals surface area contributed by atoms with Crippen molar-refractivity contribution in [1.82, 2.24) is 4.72 Å². The molecule has 2 bridgehead atoms. The van der Waals surface area contributed by atoms with Gasteiger partial charge in [0, 0.05) is 18.6 Å². The summed E-state index contributed by atoms with van der Waals surface area (Å²) in [5.74, 6) is 0.119. The average Bonchev–Trinajstić information content (AvgIpc) is 2.98. The van der Waals surface area contributed by atoms with Crippen molar-refractivity contribution >= 4 is 10.0 Å². The van der Waals surface area contributed by atoms with E-state index in [2.05, 4.69) is 4.72 Å². The summed E-state index contributed by atoms with van der Waals surface area (Å²) in [5.41, 5.74) is 0.571. The molecule has 116 valence electrons. The molecule has 1 aromatic rings. The second-order valence-corrected chi connectivity index (χ2v) is 8.00. The summed E-state index contributed by atoms with van der Waals surface area (Å²) in [6.45, 7) is 1.66. The smallest absolute Gasteiger partial charge is 0.240 e. The minimum Gasteiger partial charge on any atom is -0.396 e. The maximum absolute atomic E-state index is 13.4. The van der Waals surface area contributed by atoms with Crippen LogP contribution in [0.3, 0.4) is 0 Å². The van der Waals surface area contributed by atoms with Crippen LogP contribution in [-0.4, -0.2) is 26.2 Å². The van der Waals surface area contributed by atoms with Crippen LogP contribution in [0.25, 0.3) is 0 Å². The number of aliphatic hydroxyl groups excluding tert-OH is 1. The molecule has 3 rings (SSSR count). The lowest BCUT2D eigenvalue weighted by molar-refractivity contribution is 0.153. The fourth-order valence-corrected chi connectivity index (χ4v) is 5.43. The molecule has 0 spiro atoms. The molecule has 0 aliphatic heterocycles. The molecule has 0 amide bonds. The highest BCUT2D eigenvalue weighted by Gasteiger charge is 2.48. The Balaban J connectivity index is 1.86. The van der Waals surface area contributed by atoms with Crippen molar-refractivity contribution < 1.29 is 17.9 Å². The maximum atomic E-state index is 13.4. The van der Waals surface area contributed by atoms with Gasteiger partial charge >= 0.3 is 0 Å². The van der Waals surface area contributed by atoms with Gasteiger partial charge in [-0.2, -0.15) is 0 Å². The molecule has 2 fully saturated rings. The van der Waals surface area contributed by atoms with Crippen LogP contribution in [0, 0.1) is 30.5 Å². The molecule has 2 aliphatic carbocycles. The third-order valence-corrected chi connectivity index (χ3v) is 6.36. The normalized spacial score (nSPS) is 31.8. The minimum atomic E-state index is -3.76. The van der Waals surface area contributed by atoms with Gasteiger partial charge in [-0.3, -0.25) is 0 Å². The van der Waals surface area contributed by atoms with E-state index in [-0.39, 0.29) is 29.4 Å². The molecular formula is C15H20FNO3S. The van der Waals surface area contributed by atoms with Crippen molar-refractivity contribution in [2.45, 2.75) is 37.1 Å². The Morgan fingerprint density at radius 3 is 2.67 bits per heavy atom. The number of halogens is 1. The number of rotatable bonds is 4. The van der Waals surface area contributed by atoms with Gasteiger partial charge in [0.15, 0.2) is 0 Å². The molecule has 0 saturated heterocycles. The number of nitrogens with one attached hydrogen (secondary N) is 1. The molecule has 0 heterocycles. The van der Waals surface area contributed by atoms with Crippen LogP contribution in [0.1, 0.15) is 24.8 Å². The summed E-state index contributed by atoms with van der Waals surface area (Å²) in [5, 5.41) is 9.52. The fraction of sp³-hybridized carbons (Fsp3) is 0.600. The van der Waals surface area contributed by atoms with Crippen molar-refractivity contribution in [2.75, 3.05) is 6.61 Å². The monoisotopic (exact) mass is 313 g/mol. The first-order valence-corrected chi connectivity index (χ1v) is 8.79. The van der Waals surface area contributed by atoms with Crippen LogP contribution in [0.15, 0.2) is 23.1 Å². The molecular weight excluding hydrogens is 293 g/mol. The SMILES string of the molecule is Cc1cc(F)cc(S(=O)(=O)NC2C3CCC(C3)C2CO)c1. The van der Waals surface area contributed by atoms with Crippen molar-refractivity contribution in [3.8, 4) is 0 Å². The number of hydrogen-bond donors (Lipinski definition) is 2. The Morgan fingerprint density at radius 2 is 2.00 bits per heavy atom. The van der Waals surface area contributed by atoms with Crippen molar-refractivity contribution in [2.24, 2.45) is 17.8 Å². The standard InChI is InChI=1S/C15H20FNO3S/c1-9-4-12(16)7-13(5-9)21(19,20)17-15-11-3-2-10(6-11)14(15)8-18/h4-5,7,10-11,14-15,17-18H,2-3,6,8H2,1H3.